The number of hydrogen-bond acceptors (Lipinski definition) is 6. The summed E-state index contributed by atoms with van der Waals surface area (Å²) in [6.45, 7) is 0. The van der Waals surface area contributed by atoms with Crippen LogP contribution in [-0.4, -0.2) is 22.0 Å². The molecule has 0 aliphatic rings. The Balaban J connectivity index is 1.92. The number of non-ortho nitro benzene ring substituents is 2. The number of benzene rings is 2. The fourth-order valence-electron chi connectivity index (χ4n) is 1.83. The summed E-state index contributed by atoms with van der Waals surface area (Å²) in [5.41, 5.74) is 2.97. The number of nitrogens with zero attached hydrogens (tertiary/aromatic N) is 3. The average molecular weight is 340 g/mol. The van der Waals surface area contributed by atoms with Gasteiger partial charge in [0.25, 0.3) is 17.3 Å². The summed E-state index contributed by atoms with van der Waals surface area (Å²) in [7, 11) is 0. The summed E-state index contributed by atoms with van der Waals surface area (Å²) in [5.74, 6) is -0.519. The fourth-order valence-corrected chi connectivity index (χ4v) is 1.83. The molecule has 9 nitrogen and oxygen atoms in total. The fraction of sp³-hybridized carbons (Fsp3) is 0. The van der Waals surface area contributed by atoms with Crippen molar-refractivity contribution in [2.24, 2.45) is 5.10 Å². The largest absolute Gasteiger partial charge is 0.271 e. The molecule has 0 atom stereocenters. The first-order valence-corrected chi connectivity index (χ1v) is 6.96. The van der Waals surface area contributed by atoms with E-state index in [1.165, 1.54) is 48.7 Å². The third-order valence-electron chi connectivity index (χ3n) is 3.04. The predicted molar refractivity (Wildman–Crippen MR) is 91.2 cm³/mol. The van der Waals surface area contributed by atoms with E-state index in [9.17, 15) is 25.0 Å². The number of nitrogens with one attached hydrogen (secondary N) is 1. The van der Waals surface area contributed by atoms with Crippen LogP contribution < -0.4 is 5.43 Å². The van der Waals surface area contributed by atoms with Crippen molar-refractivity contribution in [3.8, 4) is 0 Å². The second-order valence-corrected chi connectivity index (χ2v) is 4.73. The van der Waals surface area contributed by atoms with E-state index >= 15 is 0 Å². The second kappa shape index (κ2) is 8.11. The van der Waals surface area contributed by atoms with Gasteiger partial charge in [-0.15, -0.1) is 0 Å². The Morgan fingerprint density at radius 3 is 2.32 bits per heavy atom. The summed E-state index contributed by atoms with van der Waals surface area (Å²) in [5, 5.41) is 24.9. The lowest BCUT2D eigenvalue weighted by Crippen LogP contribution is -2.17. The predicted octanol–water partition coefficient (Wildman–Crippen LogP) is 2.93. The Morgan fingerprint density at radius 1 is 1.00 bits per heavy atom. The number of amides is 1. The first kappa shape index (κ1) is 17.5. The normalized spacial score (nSPS) is 10.9. The number of nitro groups is 2. The van der Waals surface area contributed by atoms with E-state index in [4.69, 9.17) is 0 Å². The maximum atomic E-state index is 11.8. The van der Waals surface area contributed by atoms with Gasteiger partial charge in [0.1, 0.15) is 0 Å². The molecular formula is C16H12N4O5. The van der Waals surface area contributed by atoms with Gasteiger partial charge in [-0.05, 0) is 23.8 Å². The minimum absolute atomic E-state index is 0.0226. The molecule has 0 saturated carbocycles. The van der Waals surface area contributed by atoms with E-state index in [0.29, 0.717) is 5.56 Å². The molecule has 0 aliphatic heterocycles. The summed E-state index contributed by atoms with van der Waals surface area (Å²) < 4.78 is 0. The van der Waals surface area contributed by atoms with Crippen molar-refractivity contribution in [1.29, 1.82) is 0 Å². The summed E-state index contributed by atoms with van der Waals surface area (Å²) >= 11 is 0. The Bertz CT molecular complexity index is 859. The van der Waals surface area contributed by atoms with Crippen LogP contribution >= 0.6 is 0 Å². The number of hydrogen-bond donors (Lipinski definition) is 1. The Hall–Kier alpha value is -3.88. The molecule has 2 aromatic carbocycles. The van der Waals surface area contributed by atoms with Gasteiger partial charge in [0, 0.05) is 36.0 Å². The molecule has 0 spiro atoms. The quantitative estimate of drug-likeness (QED) is 0.491. The molecule has 0 aromatic heterocycles. The third-order valence-corrected chi connectivity index (χ3v) is 3.04. The van der Waals surface area contributed by atoms with E-state index in [2.05, 4.69) is 10.5 Å². The van der Waals surface area contributed by atoms with Crippen LogP contribution in [0.4, 0.5) is 11.4 Å². The molecule has 25 heavy (non-hydrogen) atoms. The lowest BCUT2D eigenvalue weighted by Gasteiger charge is -1.98. The molecule has 2 aromatic rings. The van der Waals surface area contributed by atoms with Crippen LogP contribution in [0.1, 0.15) is 15.9 Å². The number of rotatable bonds is 6. The van der Waals surface area contributed by atoms with Crippen molar-refractivity contribution in [2.45, 2.75) is 0 Å². The minimum atomic E-state index is -0.557. The van der Waals surface area contributed by atoms with Crippen LogP contribution in [-0.2, 0) is 0 Å². The first-order chi connectivity index (χ1) is 12.0. The highest BCUT2D eigenvalue weighted by Crippen LogP contribution is 2.14. The molecular weight excluding hydrogens is 328 g/mol. The third kappa shape index (κ3) is 5.06. The lowest BCUT2D eigenvalue weighted by atomic mass is 10.2. The van der Waals surface area contributed by atoms with Gasteiger partial charge >= 0.3 is 0 Å². The zero-order chi connectivity index (χ0) is 18.2. The van der Waals surface area contributed by atoms with Gasteiger partial charge < -0.3 is 0 Å². The molecule has 0 unspecified atom stereocenters. The van der Waals surface area contributed by atoms with Crippen LogP contribution in [0, 0.1) is 20.2 Å². The highest BCUT2D eigenvalue weighted by atomic mass is 16.6. The molecule has 0 fully saturated rings. The van der Waals surface area contributed by atoms with E-state index in [0.717, 1.165) is 0 Å². The molecule has 1 N–H and O–H groups in total. The first-order valence-electron chi connectivity index (χ1n) is 6.96. The number of carbonyl (C=O) groups is 1. The Labute approximate surface area is 141 Å². The van der Waals surface area contributed by atoms with E-state index in [1.807, 2.05) is 0 Å². The minimum Gasteiger partial charge on any atom is -0.267 e. The van der Waals surface area contributed by atoms with Gasteiger partial charge in [-0.2, -0.15) is 5.10 Å². The van der Waals surface area contributed by atoms with E-state index in [1.54, 1.807) is 18.2 Å². The van der Waals surface area contributed by atoms with Gasteiger partial charge in [-0.1, -0.05) is 18.2 Å². The molecule has 126 valence electrons. The van der Waals surface area contributed by atoms with Gasteiger partial charge in [-0.3, -0.25) is 25.0 Å². The molecule has 0 bridgehead atoms. The Kier molecular flexibility index (Phi) is 5.67. The van der Waals surface area contributed by atoms with Crippen LogP contribution in [0.3, 0.4) is 0 Å². The summed E-state index contributed by atoms with van der Waals surface area (Å²) in [6, 6.07) is 11.1. The Morgan fingerprint density at radius 2 is 1.68 bits per heavy atom. The van der Waals surface area contributed by atoms with Crippen molar-refractivity contribution in [2.75, 3.05) is 0 Å². The molecule has 0 radical (unpaired) electrons. The molecule has 0 saturated heterocycles. The topological polar surface area (TPSA) is 128 Å². The van der Waals surface area contributed by atoms with Crippen molar-refractivity contribution in [3.05, 3.63) is 86.0 Å². The molecule has 0 aliphatic carbocycles. The zero-order valence-electron chi connectivity index (χ0n) is 12.7. The maximum absolute atomic E-state index is 11.8. The van der Waals surface area contributed by atoms with Gasteiger partial charge in [0.2, 0.25) is 0 Å². The number of hydrazone groups is 1. The standard InChI is InChI=1S/C16H12N4O5/c21-16(13-6-8-14(9-7-13)19(22)23)18-17-10-2-4-12-3-1-5-15(11-12)20(24)25/h1-11H,(H,18,21)/b4-2+,17-10-. The van der Waals surface area contributed by atoms with Crippen LogP contribution in [0.15, 0.2) is 59.7 Å². The monoisotopic (exact) mass is 340 g/mol. The molecule has 9 heteroatoms. The van der Waals surface area contributed by atoms with Gasteiger partial charge in [0.15, 0.2) is 0 Å². The number of nitro benzene ring substituents is 2. The molecule has 0 heterocycles. The molecule has 1 amide bonds. The molecule has 2 rings (SSSR count). The van der Waals surface area contributed by atoms with E-state index in [-0.39, 0.29) is 16.9 Å². The van der Waals surface area contributed by atoms with E-state index < -0.39 is 15.8 Å². The highest BCUT2D eigenvalue weighted by Gasteiger charge is 2.08. The van der Waals surface area contributed by atoms with Crippen molar-refractivity contribution < 1.29 is 14.6 Å². The van der Waals surface area contributed by atoms with Crippen LogP contribution in [0.5, 0.6) is 0 Å². The smallest absolute Gasteiger partial charge is 0.267 e. The van der Waals surface area contributed by atoms with Crippen molar-refractivity contribution >= 4 is 29.6 Å². The number of allylic oxidation sites excluding steroid dienone is 1. The summed E-state index contributed by atoms with van der Waals surface area (Å²) in [4.78, 5) is 31.9. The van der Waals surface area contributed by atoms with Crippen LogP contribution in [0.25, 0.3) is 6.08 Å². The van der Waals surface area contributed by atoms with Crippen molar-refractivity contribution in [1.82, 2.24) is 5.43 Å². The summed E-state index contributed by atoms with van der Waals surface area (Å²) in [6.07, 6.45) is 4.41. The van der Waals surface area contributed by atoms with Crippen LogP contribution in [0.2, 0.25) is 0 Å². The SMILES string of the molecule is O=C(N/N=C\C=C\c1cccc([N+](=O)[O-])c1)c1ccc([N+](=O)[O-])cc1. The van der Waals surface area contributed by atoms with Crippen molar-refractivity contribution in [3.63, 3.8) is 0 Å². The van der Waals surface area contributed by atoms with Gasteiger partial charge in [-0.25, -0.2) is 5.43 Å². The highest BCUT2D eigenvalue weighted by molar-refractivity contribution is 5.94. The lowest BCUT2D eigenvalue weighted by molar-refractivity contribution is -0.385. The van der Waals surface area contributed by atoms with Gasteiger partial charge in [0.05, 0.1) is 9.85 Å². The maximum Gasteiger partial charge on any atom is 0.271 e. The number of carbonyl (C=O) groups excluding carboxylic acids is 1. The second-order valence-electron chi connectivity index (χ2n) is 4.73. The zero-order valence-corrected chi connectivity index (χ0v) is 12.7. The average Bonchev–Trinajstić information content (AvgIpc) is 2.61.